The zero-order valence-corrected chi connectivity index (χ0v) is 12.1. The molecule has 1 aliphatic carbocycles. The fourth-order valence-corrected chi connectivity index (χ4v) is 2.09. The van der Waals surface area contributed by atoms with Crippen molar-refractivity contribution in [2.24, 2.45) is 5.92 Å². The van der Waals surface area contributed by atoms with Crippen LogP contribution in [0.1, 0.15) is 54.5 Å². The Morgan fingerprint density at radius 3 is 2.60 bits per heavy atom. The number of nitrogens with zero attached hydrogens (tertiary/aromatic N) is 1. The monoisotopic (exact) mass is 279 g/mol. The number of H-pyrrole nitrogens is 1. The molecule has 1 aromatic rings. The van der Waals surface area contributed by atoms with Crippen molar-refractivity contribution in [3.8, 4) is 0 Å². The Morgan fingerprint density at radius 1 is 1.50 bits per heavy atom. The van der Waals surface area contributed by atoms with Gasteiger partial charge in [0.15, 0.2) is 0 Å². The minimum atomic E-state index is -0.480. The molecular weight excluding hydrogens is 258 g/mol. The average molecular weight is 279 g/mol. The Balaban J connectivity index is 2.23. The third-order valence-corrected chi connectivity index (χ3v) is 3.63. The molecular formula is C14H21N3O3. The smallest absolute Gasteiger partial charge is 0.264 e. The maximum absolute atomic E-state index is 12.2. The molecule has 3 N–H and O–H groups in total. The summed E-state index contributed by atoms with van der Waals surface area (Å²) in [6, 6.07) is -0.371. The molecule has 0 aromatic carbocycles. The standard InChI is InChI=1S/C14H21N3O3/c1-7(2)10(6-18)16-13(19)11-8(3)15-12(9-4-5-9)17-14(11)20/h7,9-10,18H,4-6H2,1-3H3,(H,16,19)(H,15,17,20). The zero-order chi connectivity index (χ0) is 14.9. The van der Waals surface area contributed by atoms with Crippen LogP contribution in [0.3, 0.4) is 0 Å². The van der Waals surface area contributed by atoms with Crippen molar-refractivity contribution in [1.29, 1.82) is 0 Å². The van der Waals surface area contributed by atoms with Gasteiger partial charge in [0.1, 0.15) is 11.4 Å². The maximum Gasteiger partial charge on any atom is 0.264 e. The third-order valence-electron chi connectivity index (χ3n) is 3.63. The normalized spacial score (nSPS) is 16.2. The molecule has 1 heterocycles. The van der Waals surface area contributed by atoms with Gasteiger partial charge in [0.25, 0.3) is 11.5 Å². The molecule has 0 spiro atoms. The van der Waals surface area contributed by atoms with Crippen LogP contribution in [-0.2, 0) is 0 Å². The number of aliphatic hydroxyl groups is 1. The van der Waals surface area contributed by atoms with Gasteiger partial charge in [0, 0.05) is 5.92 Å². The van der Waals surface area contributed by atoms with Crippen molar-refractivity contribution in [2.45, 2.75) is 45.6 Å². The van der Waals surface area contributed by atoms with E-state index in [0.29, 0.717) is 17.4 Å². The van der Waals surface area contributed by atoms with Gasteiger partial charge in [0.05, 0.1) is 18.3 Å². The summed E-state index contributed by atoms with van der Waals surface area (Å²) in [6.07, 6.45) is 2.07. The molecule has 0 radical (unpaired) electrons. The lowest BCUT2D eigenvalue weighted by Gasteiger charge is -2.20. The molecule has 1 unspecified atom stereocenters. The number of rotatable bonds is 5. The van der Waals surface area contributed by atoms with Gasteiger partial charge < -0.3 is 15.4 Å². The summed E-state index contributed by atoms with van der Waals surface area (Å²) < 4.78 is 0. The van der Waals surface area contributed by atoms with Gasteiger partial charge in [-0.3, -0.25) is 9.59 Å². The van der Waals surface area contributed by atoms with Gasteiger partial charge >= 0.3 is 0 Å². The van der Waals surface area contributed by atoms with Crippen molar-refractivity contribution in [3.63, 3.8) is 0 Å². The summed E-state index contributed by atoms with van der Waals surface area (Å²) >= 11 is 0. The topological polar surface area (TPSA) is 95.1 Å². The van der Waals surface area contributed by atoms with E-state index in [9.17, 15) is 14.7 Å². The Bertz CT molecular complexity index is 561. The van der Waals surface area contributed by atoms with E-state index in [2.05, 4.69) is 15.3 Å². The summed E-state index contributed by atoms with van der Waals surface area (Å²) in [4.78, 5) is 31.2. The largest absolute Gasteiger partial charge is 0.394 e. The van der Waals surface area contributed by atoms with Crippen LogP contribution in [0.5, 0.6) is 0 Å². The minimum absolute atomic E-state index is 0.0356. The predicted molar refractivity (Wildman–Crippen MR) is 74.7 cm³/mol. The first-order valence-corrected chi connectivity index (χ1v) is 6.96. The van der Waals surface area contributed by atoms with E-state index in [1.807, 2.05) is 13.8 Å². The van der Waals surface area contributed by atoms with Crippen molar-refractivity contribution in [2.75, 3.05) is 6.61 Å². The molecule has 0 saturated heterocycles. The van der Waals surface area contributed by atoms with E-state index in [-0.39, 0.29) is 24.1 Å². The predicted octanol–water partition coefficient (Wildman–Crippen LogP) is 0.702. The van der Waals surface area contributed by atoms with E-state index in [1.165, 1.54) is 0 Å². The van der Waals surface area contributed by atoms with Crippen molar-refractivity contribution < 1.29 is 9.90 Å². The van der Waals surface area contributed by atoms with Crippen LogP contribution in [0.4, 0.5) is 0 Å². The molecule has 0 aliphatic heterocycles. The molecule has 1 aliphatic rings. The Morgan fingerprint density at radius 2 is 2.15 bits per heavy atom. The van der Waals surface area contributed by atoms with Crippen molar-refractivity contribution in [3.05, 3.63) is 27.4 Å². The lowest BCUT2D eigenvalue weighted by Crippen LogP contribution is -2.43. The summed E-state index contributed by atoms with van der Waals surface area (Å²) in [7, 11) is 0. The summed E-state index contributed by atoms with van der Waals surface area (Å²) in [6.45, 7) is 5.30. The first kappa shape index (κ1) is 14.7. The molecule has 6 heteroatoms. The molecule has 6 nitrogen and oxygen atoms in total. The molecule has 110 valence electrons. The van der Waals surface area contributed by atoms with Gasteiger partial charge in [0.2, 0.25) is 0 Å². The molecule has 1 fully saturated rings. The number of carbonyl (C=O) groups is 1. The molecule has 2 rings (SSSR count). The molecule has 1 amide bonds. The molecule has 0 bridgehead atoms. The van der Waals surface area contributed by atoms with Crippen LogP contribution in [-0.4, -0.2) is 33.6 Å². The zero-order valence-electron chi connectivity index (χ0n) is 12.1. The summed E-state index contributed by atoms with van der Waals surface area (Å²) in [5, 5.41) is 11.9. The number of hydrogen-bond donors (Lipinski definition) is 3. The number of aliphatic hydroxyl groups excluding tert-OH is 1. The van der Waals surface area contributed by atoms with Gasteiger partial charge in [-0.1, -0.05) is 13.8 Å². The average Bonchev–Trinajstić information content (AvgIpc) is 3.18. The Hall–Kier alpha value is -1.69. The first-order valence-electron chi connectivity index (χ1n) is 6.96. The van der Waals surface area contributed by atoms with Gasteiger partial charge in [-0.05, 0) is 25.7 Å². The van der Waals surface area contributed by atoms with Crippen molar-refractivity contribution in [1.82, 2.24) is 15.3 Å². The second kappa shape index (κ2) is 5.75. The first-order chi connectivity index (χ1) is 9.43. The number of amides is 1. The number of carbonyl (C=O) groups excluding carboxylic acids is 1. The lowest BCUT2D eigenvalue weighted by molar-refractivity contribution is 0.0894. The van der Waals surface area contributed by atoms with E-state index < -0.39 is 11.5 Å². The number of aromatic nitrogens is 2. The number of aromatic amines is 1. The SMILES string of the molecule is Cc1nc(C2CC2)[nH]c(=O)c1C(=O)NC(CO)C(C)C. The number of hydrogen-bond acceptors (Lipinski definition) is 4. The molecule has 1 aromatic heterocycles. The fraction of sp³-hybridized carbons (Fsp3) is 0.643. The van der Waals surface area contributed by atoms with E-state index in [0.717, 1.165) is 12.8 Å². The highest BCUT2D eigenvalue weighted by Gasteiger charge is 2.28. The van der Waals surface area contributed by atoms with Crippen LogP contribution in [0, 0.1) is 12.8 Å². The fourth-order valence-electron chi connectivity index (χ4n) is 2.09. The highest BCUT2D eigenvalue weighted by molar-refractivity contribution is 5.95. The van der Waals surface area contributed by atoms with Gasteiger partial charge in [-0.15, -0.1) is 0 Å². The summed E-state index contributed by atoms with van der Waals surface area (Å²) in [5.74, 6) is 0.611. The van der Waals surface area contributed by atoms with E-state index in [1.54, 1.807) is 6.92 Å². The van der Waals surface area contributed by atoms with E-state index in [4.69, 9.17) is 0 Å². The summed E-state index contributed by atoms with van der Waals surface area (Å²) in [5.41, 5.74) is 0.0689. The second-order valence-electron chi connectivity index (χ2n) is 5.69. The molecule has 1 saturated carbocycles. The lowest BCUT2D eigenvalue weighted by atomic mass is 10.0. The maximum atomic E-state index is 12.2. The molecule has 1 atom stereocenters. The van der Waals surface area contributed by atoms with Gasteiger partial charge in [-0.2, -0.15) is 0 Å². The number of nitrogens with one attached hydrogen (secondary N) is 2. The highest BCUT2D eigenvalue weighted by atomic mass is 16.3. The van der Waals surface area contributed by atoms with E-state index >= 15 is 0 Å². The third kappa shape index (κ3) is 3.07. The van der Waals surface area contributed by atoms with Crippen LogP contribution in [0.15, 0.2) is 4.79 Å². The Labute approximate surface area is 117 Å². The van der Waals surface area contributed by atoms with Gasteiger partial charge in [-0.25, -0.2) is 4.98 Å². The van der Waals surface area contributed by atoms with Crippen molar-refractivity contribution >= 4 is 5.91 Å². The highest BCUT2D eigenvalue weighted by Crippen LogP contribution is 2.37. The second-order valence-corrected chi connectivity index (χ2v) is 5.69. The van der Waals surface area contributed by atoms with Crippen LogP contribution in [0.2, 0.25) is 0 Å². The minimum Gasteiger partial charge on any atom is -0.394 e. The quantitative estimate of drug-likeness (QED) is 0.739. The Kier molecular flexibility index (Phi) is 4.23. The molecule has 20 heavy (non-hydrogen) atoms. The number of aryl methyl sites for hydroxylation is 1. The van der Waals surface area contributed by atoms with Crippen LogP contribution >= 0.6 is 0 Å². The van der Waals surface area contributed by atoms with Crippen LogP contribution < -0.4 is 10.9 Å². The van der Waals surface area contributed by atoms with Crippen LogP contribution in [0.25, 0.3) is 0 Å².